The summed E-state index contributed by atoms with van der Waals surface area (Å²) < 4.78 is 1.53. The SMILES string of the molecule is O=C(O)c1c(-c2ccccc2)c2cc(Cl)ccc2c(=O)n1C1CCCCC1. The van der Waals surface area contributed by atoms with Gasteiger partial charge in [0.05, 0.1) is 0 Å². The van der Waals surface area contributed by atoms with Crippen LogP contribution in [0.2, 0.25) is 5.02 Å². The van der Waals surface area contributed by atoms with Crippen molar-refractivity contribution in [3.05, 3.63) is 69.6 Å². The average molecular weight is 382 g/mol. The zero-order valence-electron chi connectivity index (χ0n) is 14.8. The van der Waals surface area contributed by atoms with Crippen LogP contribution in [0.15, 0.2) is 53.3 Å². The molecule has 1 N–H and O–H groups in total. The third kappa shape index (κ3) is 3.15. The molecule has 4 rings (SSSR count). The summed E-state index contributed by atoms with van der Waals surface area (Å²) in [7, 11) is 0. The van der Waals surface area contributed by atoms with E-state index in [2.05, 4.69) is 0 Å². The zero-order chi connectivity index (χ0) is 19.0. The number of rotatable bonds is 3. The number of aromatic carboxylic acids is 1. The fourth-order valence-electron chi connectivity index (χ4n) is 4.18. The highest BCUT2D eigenvalue weighted by atomic mass is 35.5. The van der Waals surface area contributed by atoms with Crippen LogP contribution in [0, 0.1) is 0 Å². The minimum absolute atomic E-state index is 0.0628. The van der Waals surface area contributed by atoms with Gasteiger partial charge in [-0.15, -0.1) is 0 Å². The minimum atomic E-state index is -1.08. The van der Waals surface area contributed by atoms with Crippen molar-refractivity contribution in [1.29, 1.82) is 0 Å². The van der Waals surface area contributed by atoms with Crippen LogP contribution >= 0.6 is 11.6 Å². The predicted octanol–water partition coefficient (Wildman–Crippen LogP) is 5.53. The molecule has 0 saturated heterocycles. The molecule has 0 aliphatic heterocycles. The first kappa shape index (κ1) is 17.8. The Morgan fingerprint density at radius 2 is 1.70 bits per heavy atom. The van der Waals surface area contributed by atoms with Gasteiger partial charge in [-0.05, 0) is 42.0 Å². The lowest BCUT2D eigenvalue weighted by Crippen LogP contribution is -2.32. The van der Waals surface area contributed by atoms with E-state index in [0.29, 0.717) is 21.4 Å². The Bertz CT molecular complexity index is 1070. The second kappa shape index (κ2) is 7.20. The molecule has 1 aliphatic carbocycles. The fraction of sp³-hybridized carbons (Fsp3) is 0.273. The molecule has 0 unspecified atom stereocenters. The van der Waals surface area contributed by atoms with E-state index in [-0.39, 0.29) is 17.3 Å². The highest BCUT2D eigenvalue weighted by Gasteiger charge is 2.28. The molecule has 3 aromatic rings. The molecule has 4 nitrogen and oxygen atoms in total. The number of carbonyl (C=O) groups is 1. The number of carboxylic acids is 1. The molecular formula is C22H20ClNO3. The van der Waals surface area contributed by atoms with Gasteiger partial charge in [-0.25, -0.2) is 4.79 Å². The van der Waals surface area contributed by atoms with Gasteiger partial charge in [0.15, 0.2) is 0 Å². The second-order valence-electron chi connectivity index (χ2n) is 7.05. The molecule has 0 amide bonds. The summed E-state index contributed by atoms with van der Waals surface area (Å²) >= 11 is 6.19. The van der Waals surface area contributed by atoms with E-state index >= 15 is 0 Å². The molecule has 1 saturated carbocycles. The van der Waals surface area contributed by atoms with Crippen LogP contribution in [0.25, 0.3) is 21.9 Å². The summed E-state index contributed by atoms with van der Waals surface area (Å²) in [6.45, 7) is 0. The number of pyridine rings is 1. The van der Waals surface area contributed by atoms with Crippen LogP contribution in [0.4, 0.5) is 0 Å². The molecular weight excluding hydrogens is 362 g/mol. The highest BCUT2D eigenvalue weighted by molar-refractivity contribution is 6.31. The number of carboxylic acid groups (broad SMARTS) is 1. The number of hydrogen-bond acceptors (Lipinski definition) is 2. The number of hydrogen-bond donors (Lipinski definition) is 1. The minimum Gasteiger partial charge on any atom is -0.477 e. The first-order valence-corrected chi connectivity index (χ1v) is 9.62. The zero-order valence-corrected chi connectivity index (χ0v) is 15.6. The fourth-order valence-corrected chi connectivity index (χ4v) is 4.36. The van der Waals surface area contributed by atoms with Crippen LogP contribution in [0.3, 0.4) is 0 Å². The van der Waals surface area contributed by atoms with Crippen molar-refractivity contribution in [2.45, 2.75) is 38.1 Å². The van der Waals surface area contributed by atoms with Gasteiger partial charge in [-0.3, -0.25) is 9.36 Å². The Hall–Kier alpha value is -2.59. The Morgan fingerprint density at radius 3 is 2.37 bits per heavy atom. The van der Waals surface area contributed by atoms with Crippen LogP contribution in [0.5, 0.6) is 0 Å². The summed E-state index contributed by atoms with van der Waals surface area (Å²) in [4.78, 5) is 25.7. The van der Waals surface area contributed by atoms with Crippen molar-refractivity contribution in [2.75, 3.05) is 0 Å². The topological polar surface area (TPSA) is 59.3 Å². The standard InChI is InChI=1S/C22H20ClNO3/c23-15-11-12-17-18(13-15)19(14-7-3-1-4-8-14)20(22(26)27)24(21(17)25)16-9-5-2-6-10-16/h1,3-4,7-8,11-13,16H,2,5-6,9-10H2,(H,26,27). The van der Waals surface area contributed by atoms with E-state index in [0.717, 1.165) is 37.7 Å². The van der Waals surface area contributed by atoms with Crippen LogP contribution in [0.1, 0.15) is 48.6 Å². The lowest BCUT2D eigenvalue weighted by Gasteiger charge is -2.27. The average Bonchev–Trinajstić information content (AvgIpc) is 2.68. The smallest absolute Gasteiger partial charge is 0.353 e. The Balaban J connectivity index is 2.16. The first-order chi connectivity index (χ1) is 13.1. The van der Waals surface area contributed by atoms with Gasteiger partial charge in [0.1, 0.15) is 5.69 Å². The molecule has 1 aliphatic rings. The van der Waals surface area contributed by atoms with Crippen molar-refractivity contribution in [3.8, 4) is 11.1 Å². The number of fused-ring (bicyclic) bond motifs is 1. The molecule has 0 atom stereocenters. The third-order valence-corrected chi connectivity index (χ3v) is 5.62. The quantitative estimate of drug-likeness (QED) is 0.649. The third-order valence-electron chi connectivity index (χ3n) is 5.38. The van der Waals surface area contributed by atoms with Crippen molar-refractivity contribution in [3.63, 3.8) is 0 Å². The summed E-state index contributed by atoms with van der Waals surface area (Å²) in [6.07, 6.45) is 4.80. The summed E-state index contributed by atoms with van der Waals surface area (Å²) in [5.74, 6) is -1.08. The Kier molecular flexibility index (Phi) is 4.75. The molecule has 1 aromatic heterocycles. The molecule has 2 aromatic carbocycles. The number of benzene rings is 2. The van der Waals surface area contributed by atoms with Gasteiger partial charge in [-0.1, -0.05) is 61.2 Å². The van der Waals surface area contributed by atoms with Crippen LogP contribution in [-0.4, -0.2) is 15.6 Å². The van der Waals surface area contributed by atoms with Gasteiger partial charge in [-0.2, -0.15) is 0 Å². The van der Waals surface area contributed by atoms with Crippen molar-refractivity contribution in [2.24, 2.45) is 0 Å². The Labute approximate surface area is 162 Å². The van der Waals surface area contributed by atoms with Crippen LogP contribution in [-0.2, 0) is 0 Å². The van der Waals surface area contributed by atoms with E-state index in [9.17, 15) is 14.7 Å². The number of nitrogens with zero attached hydrogens (tertiary/aromatic N) is 1. The van der Waals surface area contributed by atoms with Gasteiger partial charge < -0.3 is 5.11 Å². The number of halogens is 1. The van der Waals surface area contributed by atoms with E-state index < -0.39 is 5.97 Å². The van der Waals surface area contributed by atoms with Crippen LogP contribution < -0.4 is 5.56 Å². The van der Waals surface area contributed by atoms with E-state index in [1.165, 1.54) is 4.57 Å². The van der Waals surface area contributed by atoms with Crippen molar-refractivity contribution < 1.29 is 9.90 Å². The highest BCUT2D eigenvalue weighted by Crippen LogP contribution is 2.36. The second-order valence-corrected chi connectivity index (χ2v) is 7.49. The maximum Gasteiger partial charge on any atom is 0.353 e. The lowest BCUT2D eigenvalue weighted by molar-refractivity contribution is 0.0680. The molecule has 0 spiro atoms. The first-order valence-electron chi connectivity index (χ1n) is 9.24. The largest absolute Gasteiger partial charge is 0.477 e. The predicted molar refractivity (Wildman–Crippen MR) is 108 cm³/mol. The van der Waals surface area contributed by atoms with Gasteiger partial charge in [0, 0.05) is 22.0 Å². The molecule has 0 radical (unpaired) electrons. The maximum absolute atomic E-state index is 13.3. The van der Waals surface area contributed by atoms with E-state index in [1.54, 1.807) is 18.2 Å². The van der Waals surface area contributed by atoms with Crippen molar-refractivity contribution in [1.82, 2.24) is 4.57 Å². The molecule has 1 heterocycles. The maximum atomic E-state index is 13.3. The molecule has 0 bridgehead atoms. The normalized spacial score (nSPS) is 15.1. The van der Waals surface area contributed by atoms with Gasteiger partial charge in [0.2, 0.25) is 0 Å². The van der Waals surface area contributed by atoms with Gasteiger partial charge >= 0.3 is 5.97 Å². The Morgan fingerprint density at radius 1 is 1.00 bits per heavy atom. The number of aromatic nitrogens is 1. The molecule has 1 fully saturated rings. The van der Waals surface area contributed by atoms with E-state index in [1.807, 2.05) is 30.3 Å². The van der Waals surface area contributed by atoms with E-state index in [4.69, 9.17) is 11.6 Å². The molecule has 27 heavy (non-hydrogen) atoms. The summed E-state index contributed by atoms with van der Waals surface area (Å²) in [5.41, 5.74) is 1.15. The molecule has 5 heteroatoms. The lowest BCUT2D eigenvalue weighted by atomic mass is 9.92. The monoisotopic (exact) mass is 381 g/mol. The summed E-state index contributed by atoms with van der Waals surface area (Å²) in [5, 5.41) is 11.7. The van der Waals surface area contributed by atoms with Crippen molar-refractivity contribution >= 4 is 28.3 Å². The molecule has 138 valence electrons. The summed E-state index contributed by atoms with van der Waals surface area (Å²) in [6, 6.07) is 14.4. The van der Waals surface area contributed by atoms with Gasteiger partial charge in [0.25, 0.3) is 5.56 Å².